The highest BCUT2D eigenvalue weighted by molar-refractivity contribution is 7.93. The topological polar surface area (TPSA) is 103 Å². The third kappa shape index (κ3) is 4.59. The van der Waals surface area contributed by atoms with Crippen molar-refractivity contribution in [2.75, 3.05) is 16.6 Å². The van der Waals surface area contributed by atoms with Crippen LogP contribution in [-0.4, -0.2) is 36.8 Å². The molecule has 1 saturated heterocycles. The van der Waals surface area contributed by atoms with Gasteiger partial charge in [-0.3, -0.25) is 4.31 Å². The molecule has 1 aliphatic heterocycles. The molecule has 0 aliphatic carbocycles. The highest BCUT2D eigenvalue weighted by Gasteiger charge is 2.30. The molecule has 168 valence electrons. The zero-order valence-corrected chi connectivity index (χ0v) is 17.2. The van der Waals surface area contributed by atoms with Crippen molar-refractivity contribution in [2.45, 2.75) is 19.2 Å². The van der Waals surface area contributed by atoms with Crippen LogP contribution in [0.2, 0.25) is 0 Å². The molecule has 0 bridgehead atoms. The van der Waals surface area contributed by atoms with Crippen molar-refractivity contribution in [2.24, 2.45) is 0 Å². The van der Waals surface area contributed by atoms with Crippen LogP contribution in [0.5, 0.6) is 0 Å². The minimum Gasteiger partial charge on any atom is -0.452 e. The van der Waals surface area contributed by atoms with Crippen LogP contribution in [-0.2, 0) is 27.5 Å². The van der Waals surface area contributed by atoms with Crippen LogP contribution >= 0.6 is 0 Å². The van der Waals surface area contributed by atoms with Crippen LogP contribution in [0.15, 0.2) is 53.1 Å². The Labute approximate surface area is 180 Å². The predicted molar refractivity (Wildman–Crippen MR) is 106 cm³/mol. The van der Waals surface area contributed by atoms with E-state index in [4.69, 9.17) is 9.26 Å². The number of rotatable bonds is 5. The summed E-state index contributed by atoms with van der Waals surface area (Å²) in [5, 5.41) is 3.68. The Bertz CT molecular complexity index is 1220. The van der Waals surface area contributed by atoms with Crippen molar-refractivity contribution in [3.05, 3.63) is 65.5 Å². The first-order chi connectivity index (χ1) is 15.1. The van der Waals surface area contributed by atoms with Crippen LogP contribution in [0.25, 0.3) is 11.4 Å². The number of hydrogen-bond donors (Lipinski definition) is 0. The maximum absolute atomic E-state index is 12.6. The fourth-order valence-electron chi connectivity index (χ4n) is 3.14. The van der Waals surface area contributed by atoms with Gasteiger partial charge < -0.3 is 9.26 Å². The maximum Gasteiger partial charge on any atom is 0.416 e. The van der Waals surface area contributed by atoms with Gasteiger partial charge in [0.1, 0.15) is 0 Å². The smallest absolute Gasteiger partial charge is 0.416 e. The number of sulfonamides is 1. The lowest BCUT2D eigenvalue weighted by atomic mass is 10.1. The summed E-state index contributed by atoms with van der Waals surface area (Å²) in [6.45, 7) is 0.0548. The zero-order chi connectivity index (χ0) is 22.9. The summed E-state index contributed by atoms with van der Waals surface area (Å²) in [6.07, 6.45) is -3.90. The molecule has 2 aromatic carbocycles. The van der Waals surface area contributed by atoms with E-state index in [1.165, 1.54) is 40.7 Å². The van der Waals surface area contributed by atoms with Gasteiger partial charge in [0.25, 0.3) is 5.89 Å². The molecule has 0 radical (unpaired) electrons. The van der Waals surface area contributed by atoms with Gasteiger partial charge in [-0.2, -0.15) is 18.2 Å². The second kappa shape index (κ2) is 8.26. The van der Waals surface area contributed by atoms with E-state index in [0.29, 0.717) is 24.2 Å². The molecule has 1 aliphatic rings. The Morgan fingerprint density at radius 3 is 2.38 bits per heavy atom. The van der Waals surface area contributed by atoms with Crippen molar-refractivity contribution >= 4 is 21.7 Å². The summed E-state index contributed by atoms with van der Waals surface area (Å²) in [5.41, 5.74) is 0.184. The first kappa shape index (κ1) is 21.8. The molecule has 0 unspecified atom stereocenters. The van der Waals surface area contributed by atoms with Gasteiger partial charge in [0, 0.05) is 12.1 Å². The molecule has 12 heteroatoms. The first-order valence-corrected chi connectivity index (χ1v) is 11.0. The van der Waals surface area contributed by atoms with Crippen LogP contribution < -0.4 is 4.31 Å². The van der Waals surface area contributed by atoms with E-state index < -0.39 is 27.7 Å². The summed E-state index contributed by atoms with van der Waals surface area (Å²) in [5.74, 6) is -0.570. The number of nitrogens with zero attached hydrogens (tertiary/aromatic N) is 3. The lowest BCUT2D eigenvalue weighted by Crippen LogP contribution is -2.25. The highest BCUT2D eigenvalue weighted by atomic mass is 32.2. The molecule has 1 aromatic heterocycles. The lowest BCUT2D eigenvalue weighted by Gasteiger charge is -2.16. The molecule has 4 rings (SSSR count). The van der Waals surface area contributed by atoms with Crippen molar-refractivity contribution in [1.29, 1.82) is 0 Å². The molecule has 8 nitrogen and oxygen atoms in total. The van der Waals surface area contributed by atoms with Gasteiger partial charge in [0.2, 0.25) is 15.8 Å². The number of carbonyl (C=O) groups excluding carboxylic acids is 1. The standard InChI is InChI=1S/C20H16F3N3O5S/c21-20(22,23)15-6-2-13(3-7-15)18-24-17(31-25-18)12-30-19(27)14-4-8-16(9-5-14)26-10-1-11-32(26,28)29/h2-9H,1,10-12H2. The van der Waals surface area contributed by atoms with E-state index >= 15 is 0 Å². The second-order valence-corrected chi connectivity index (χ2v) is 8.96. The van der Waals surface area contributed by atoms with E-state index in [1.807, 2.05) is 0 Å². The largest absolute Gasteiger partial charge is 0.452 e. The predicted octanol–water partition coefficient (Wildman–Crippen LogP) is 3.65. The second-order valence-electron chi connectivity index (χ2n) is 6.95. The summed E-state index contributed by atoms with van der Waals surface area (Å²) < 4.78 is 73.3. The molecular weight excluding hydrogens is 451 g/mol. The van der Waals surface area contributed by atoms with Crippen molar-refractivity contribution in [3.8, 4) is 11.4 Å². The monoisotopic (exact) mass is 467 g/mol. The average molecular weight is 467 g/mol. The normalized spacial score (nSPS) is 15.7. The number of hydrogen-bond acceptors (Lipinski definition) is 7. The van der Waals surface area contributed by atoms with Crippen LogP contribution in [0, 0.1) is 0 Å². The Hall–Kier alpha value is -3.41. The van der Waals surface area contributed by atoms with E-state index in [1.54, 1.807) is 0 Å². The van der Waals surface area contributed by atoms with E-state index in [9.17, 15) is 26.4 Å². The Morgan fingerprint density at radius 2 is 1.78 bits per heavy atom. The number of alkyl halides is 3. The van der Waals surface area contributed by atoms with Crippen molar-refractivity contribution in [3.63, 3.8) is 0 Å². The van der Waals surface area contributed by atoms with Crippen molar-refractivity contribution < 1.29 is 35.6 Å². The molecule has 2 heterocycles. The van der Waals surface area contributed by atoms with Gasteiger partial charge in [-0.1, -0.05) is 17.3 Å². The molecule has 0 N–H and O–H groups in total. The highest BCUT2D eigenvalue weighted by Crippen LogP contribution is 2.30. The Kier molecular flexibility index (Phi) is 5.63. The Balaban J connectivity index is 1.37. The van der Waals surface area contributed by atoms with E-state index in [2.05, 4.69) is 10.1 Å². The summed E-state index contributed by atoms with van der Waals surface area (Å²) in [6, 6.07) is 10.2. The molecule has 0 saturated carbocycles. The molecule has 3 aromatic rings. The number of ether oxygens (including phenoxy) is 1. The lowest BCUT2D eigenvalue weighted by molar-refractivity contribution is -0.137. The maximum atomic E-state index is 12.6. The number of benzene rings is 2. The SMILES string of the molecule is O=C(OCc1nc(-c2ccc(C(F)(F)F)cc2)no1)c1ccc(N2CCCS2(=O)=O)cc1. The minimum atomic E-state index is -4.45. The summed E-state index contributed by atoms with van der Waals surface area (Å²) >= 11 is 0. The third-order valence-corrected chi connectivity index (χ3v) is 6.63. The minimum absolute atomic E-state index is 0.0342. The number of esters is 1. The molecule has 0 spiro atoms. The number of carbonyl (C=O) groups is 1. The molecular formula is C20H16F3N3O5S. The van der Waals surface area contributed by atoms with Crippen LogP contribution in [0.4, 0.5) is 18.9 Å². The number of anilines is 1. The third-order valence-electron chi connectivity index (χ3n) is 4.76. The van der Waals surface area contributed by atoms with Gasteiger partial charge in [-0.05, 0) is 42.8 Å². The quantitative estimate of drug-likeness (QED) is 0.528. The van der Waals surface area contributed by atoms with Crippen molar-refractivity contribution in [1.82, 2.24) is 10.1 Å². The van der Waals surface area contributed by atoms with Crippen LogP contribution in [0.3, 0.4) is 0 Å². The van der Waals surface area contributed by atoms with Gasteiger partial charge in [0.05, 0.1) is 22.6 Å². The molecule has 32 heavy (non-hydrogen) atoms. The first-order valence-electron chi connectivity index (χ1n) is 9.41. The summed E-state index contributed by atoms with van der Waals surface area (Å²) in [4.78, 5) is 16.2. The van der Waals surface area contributed by atoms with Gasteiger partial charge in [-0.25, -0.2) is 13.2 Å². The summed E-state index contributed by atoms with van der Waals surface area (Å²) in [7, 11) is -3.32. The zero-order valence-electron chi connectivity index (χ0n) is 16.4. The molecule has 0 amide bonds. The fourth-order valence-corrected chi connectivity index (χ4v) is 4.71. The average Bonchev–Trinajstić information content (AvgIpc) is 3.37. The van der Waals surface area contributed by atoms with Gasteiger partial charge in [0.15, 0.2) is 6.61 Å². The molecule has 0 atom stereocenters. The van der Waals surface area contributed by atoms with Gasteiger partial charge in [-0.15, -0.1) is 0 Å². The fraction of sp³-hybridized carbons (Fsp3) is 0.250. The van der Waals surface area contributed by atoms with E-state index in [0.717, 1.165) is 12.1 Å². The number of aromatic nitrogens is 2. The van der Waals surface area contributed by atoms with Crippen LogP contribution in [0.1, 0.15) is 28.2 Å². The van der Waals surface area contributed by atoms with E-state index in [-0.39, 0.29) is 29.6 Å². The number of halogens is 3. The Morgan fingerprint density at radius 1 is 1.09 bits per heavy atom. The molecule has 1 fully saturated rings. The van der Waals surface area contributed by atoms with Gasteiger partial charge >= 0.3 is 12.1 Å².